The lowest BCUT2D eigenvalue weighted by Crippen LogP contribution is -2.43. The number of carbonyl (C=O) groups is 2. The molecular formula is C17H18BrN3O2. The molecule has 6 heteroatoms. The first-order chi connectivity index (χ1) is 11.0. The van der Waals surface area contributed by atoms with Crippen molar-refractivity contribution in [3.63, 3.8) is 0 Å². The number of rotatable bonds is 5. The van der Waals surface area contributed by atoms with E-state index >= 15 is 0 Å². The number of benzene rings is 2. The van der Waals surface area contributed by atoms with Crippen molar-refractivity contribution in [1.82, 2.24) is 10.2 Å². The first-order valence-electron chi connectivity index (χ1n) is 7.07. The van der Waals surface area contributed by atoms with Gasteiger partial charge in [0.15, 0.2) is 0 Å². The number of imide groups is 1. The molecule has 2 aromatic rings. The lowest BCUT2D eigenvalue weighted by molar-refractivity contribution is -0.125. The van der Waals surface area contributed by atoms with Gasteiger partial charge in [0.2, 0.25) is 5.91 Å². The van der Waals surface area contributed by atoms with E-state index in [1.54, 1.807) is 0 Å². The molecule has 0 unspecified atom stereocenters. The molecule has 3 N–H and O–H groups in total. The van der Waals surface area contributed by atoms with Gasteiger partial charge >= 0.3 is 6.03 Å². The molecule has 0 fully saturated rings. The van der Waals surface area contributed by atoms with Crippen LogP contribution in [-0.2, 0) is 11.3 Å². The third kappa shape index (κ3) is 4.91. The Bertz CT molecular complexity index is 674. The second-order valence-corrected chi connectivity index (χ2v) is 6.12. The van der Waals surface area contributed by atoms with Gasteiger partial charge in [0.25, 0.3) is 0 Å². The molecule has 0 heterocycles. The molecule has 23 heavy (non-hydrogen) atoms. The second kappa shape index (κ2) is 7.89. The van der Waals surface area contributed by atoms with E-state index in [-0.39, 0.29) is 0 Å². The number of halogens is 1. The van der Waals surface area contributed by atoms with Crippen LogP contribution in [0.3, 0.4) is 0 Å². The van der Waals surface area contributed by atoms with Crippen molar-refractivity contribution in [3.8, 4) is 0 Å². The Morgan fingerprint density at radius 1 is 1.13 bits per heavy atom. The molecule has 0 radical (unpaired) electrons. The van der Waals surface area contributed by atoms with E-state index in [0.717, 1.165) is 15.6 Å². The number of nitrogens with two attached hydrogens (primary N) is 1. The minimum absolute atomic E-state index is 0.441. The molecule has 0 spiro atoms. The van der Waals surface area contributed by atoms with Gasteiger partial charge in [-0.05, 0) is 30.3 Å². The Balaban J connectivity index is 2.23. The Morgan fingerprint density at radius 3 is 2.30 bits per heavy atom. The van der Waals surface area contributed by atoms with E-state index in [1.807, 2.05) is 66.5 Å². The standard InChI is InChI=1S/C17H18BrN3O2/c1-21(11-12-7-9-14(18)10-8-12)15(16(22)20-17(19)23)13-5-3-2-4-6-13/h2-10,15H,11H2,1H3,(H3,19,20,22,23)/t15-/m0/s1. The van der Waals surface area contributed by atoms with Crippen molar-refractivity contribution in [2.75, 3.05) is 7.05 Å². The van der Waals surface area contributed by atoms with Crippen LogP contribution in [0.5, 0.6) is 0 Å². The van der Waals surface area contributed by atoms with Crippen LogP contribution in [0.4, 0.5) is 4.79 Å². The van der Waals surface area contributed by atoms with Gasteiger partial charge in [-0.3, -0.25) is 15.0 Å². The van der Waals surface area contributed by atoms with Gasteiger partial charge in [-0.15, -0.1) is 0 Å². The molecule has 120 valence electrons. The lowest BCUT2D eigenvalue weighted by Gasteiger charge is -2.27. The van der Waals surface area contributed by atoms with Gasteiger partial charge in [0.05, 0.1) is 0 Å². The second-order valence-electron chi connectivity index (χ2n) is 5.21. The lowest BCUT2D eigenvalue weighted by atomic mass is 10.0. The fraction of sp³-hybridized carbons (Fsp3) is 0.176. The zero-order valence-corrected chi connectivity index (χ0v) is 14.3. The fourth-order valence-corrected chi connectivity index (χ4v) is 2.66. The van der Waals surface area contributed by atoms with E-state index in [2.05, 4.69) is 21.2 Å². The Hall–Kier alpha value is -2.18. The molecule has 0 bridgehead atoms. The van der Waals surface area contributed by atoms with Crippen LogP contribution in [-0.4, -0.2) is 23.9 Å². The molecular weight excluding hydrogens is 358 g/mol. The minimum atomic E-state index is -0.854. The van der Waals surface area contributed by atoms with Gasteiger partial charge < -0.3 is 5.73 Å². The van der Waals surface area contributed by atoms with E-state index in [4.69, 9.17) is 5.73 Å². The minimum Gasteiger partial charge on any atom is -0.351 e. The average molecular weight is 376 g/mol. The van der Waals surface area contributed by atoms with Crippen LogP contribution in [0, 0.1) is 0 Å². The van der Waals surface area contributed by atoms with Crippen molar-refractivity contribution in [2.45, 2.75) is 12.6 Å². The first kappa shape index (κ1) is 17.2. The zero-order valence-electron chi connectivity index (χ0n) is 12.7. The molecule has 0 aliphatic heterocycles. The molecule has 0 aromatic heterocycles. The van der Waals surface area contributed by atoms with Crippen LogP contribution in [0.15, 0.2) is 59.1 Å². The predicted molar refractivity (Wildman–Crippen MR) is 92.5 cm³/mol. The molecule has 1 atom stereocenters. The highest BCUT2D eigenvalue weighted by Gasteiger charge is 2.26. The maximum atomic E-state index is 12.4. The van der Waals surface area contributed by atoms with Crippen LogP contribution < -0.4 is 11.1 Å². The van der Waals surface area contributed by atoms with Crippen molar-refractivity contribution < 1.29 is 9.59 Å². The molecule has 0 saturated carbocycles. The average Bonchev–Trinajstić information content (AvgIpc) is 2.50. The van der Waals surface area contributed by atoms with Crippen LogP contribution in [0.25, 0.3) is 0 Å². The highest BCUT2D eigenvalue weighted by atomic mass is 79.9. The van der Waals surface area contributed by atoms with Gasteiger partial charge in [-0.1, -0.05) is 58.4 Å². The number of nitrogens with zero attached hydrogens (tertiary/aromatic N) is 1. The first-order valence-corrected chi connectivity index (χ1v) is 7.86. The number of primary amides is 1. The van der Waals surface area contributed by atoms with E-state index in [9.17, 15) is 9.59 Å². The Labute approximate surface area is 143 Å². The van der Waals surface area contributed by atoms with Crippen molar-refractivity contribution in [1.29, 1.82) is 0 Å². The summed E-state index contributed by atoms with van der Waals surface area (Å²) in [6, 6.07) is 15.7. The number of likely N-dealkylation sites (N-methyl/N-ethyl adjacent to an activating group) is 1. The third-order valence-corrected chi connectivity index (χ3v) is 3.92. The fourth-order valence-electron chi connectivity index (χ4n) is 2.40. The van der Waals surface area contributed by atoms with Crippen LogP contribution >= 0.6 is 15.9 Å². The van der Waals surface area contributed by atoms with Crippen LogP contribution in [0.2, 0.25) is 0 Å². The highest BCUT2D eigenvalue weighted by Crippen LogP contribution is 2.22. The highest BCUT2D eigenvalue weighted by molar-refractivity contribution is 9.10. The summed E-state index contributed by atoms with van der Waals surface area (Å²) in [5.41, 5.74) is 6.94. The number of urea groups is 1. The van der Waals surface area contributed by atoms with E-state index < -0.39 is 18.0 Å². The zero-order chi connectivity index (χ0) is 16.8. The van der Waals surface area contributed by atoms with Crippen molar-refractivity contribution >= 4 is 27.9 Å². The Morgan fingerprint density at radius 2 is 1.74 bits per heavy atom. The van der Waals surface area contributed by atoms with Crippen molar-refractivity contribution in [3.05, 3.63) is 70.2 Å². The summed E-state index contributed by atoms with van der Waals surface area (Å²) >= 11 is 3.40. The normalized spacial score (nSPS) is 12.0. The summed E-state index contributed by atoms with van der Waals surface area (Å²) in [5.74, 6) is -0.441. The quantitative estimate of drug-likeness (QED) is 0.843. The van der Waals surface area contributed by atoms with E-state index in [1.165, 1.54) is 0 Å². The summed E-state index contributed by atoms with van der Waals surface area (Å²) < 4.78 is 0.995. The molecule has 2 aromatic carbocycles. The number of hydrogen-bond donors (Lipinski definition) is 2. The molecule has 0 aliphatic carbocycles. The predicted octanol–water partition coefficient (Wildman–Crippen LogP) is 2.82. The number of hydrogen-bond acceptors (Lipinski definition) is 3. The Kier molecular flexibility index (Phi) is 5.90. The monoisotopic (exact) mass is 375 g/mol. The van der Waals surface area contributed by atoms with Gasteiger partial charge in [-0.25, -0.2) is 4.79 Å². The third-order valence-electron chi connectivity index (χ3n) is 3.40. The SMILES string of the molecule is CN(Cc1ccc(Br)cc1)[C@H](C(=O)NC(N)=O)c1ccccc1. The molecule has 3 amide bonds. The summed E-state index contributed by atoms with van der Waals surface area (Å²) in [4.78, 5) is 25.3. The van der Waals surface area contributed by atoms with Gasteiger partial charge in [-0.2, -0.15) is 0 Å². The molecule has 0 saturated heterocycles. The summed E-state index contributed by atoms with van der Waals surface area (Å²) in [6.45, 7) is 0.555. The molecule has 2 rings (SSSR count). The molecule has 0 aliphatic rings. The summed E-state index contributed by atoms with van der Waals surface area (Å²) in [7, 11) is 1.83. The number of nitrogens with one attached hydrogen (secondary N) is 1. The van der Waals surface area contributed by atoms with Crippen molar-refractivity contribution in [2.24, 2.45) is 5.73 Å². The van der Waals surface area contributed by atoms with Gasteiger partial charge in [0, 0.05) is 11.0 Å². The molecule has 5 nitrogen and oxygen atoms in total. The maximum absolute atomic E-state index is 12.4. The summed E-state index contributed by atoms with van der Waals surface area (Å²) in [5, 5.41) is 2.17. The van der Waals surface area contributed by atoms with Crippen LogP contribution in [0.1, 0.15) is 17.2 Å². The smallest absolute Gasteiger partial charge is 0.318 e. The number of carbonyl (C=O) groups excluding carboxylic acids is 2. The summed E-state index contributed by atoms with van der Waals surface area (Å²) in [6.07, 6.45) is 0. The van der Waals surface area contributed by atoms with Gasteiger partial charge in [0.1, 0.15) is 6.04 Å². The van der Waals surface area contributed by atoms with E-state index in [0.29, 0.717) is 6.54 Å². The topological polar surface area (TPSA) is 75.4 Å². The largest absolute Gasteiger partial charge is 0.351 e. The maximum Gasteiger partial charge on any atom is 0.318 e. The number of amides is 3.